The van der Waals surface area contributed by atoms with Crippen LogP contribution in [-0.2, 0) is 5.41 Å². The first-order chi connectivity index (χ1) is 21.6. The zero-order valence-electron chi connectivity index (χ0n) is 25.0. The summed E-state index contributed by atoms with van der Waals surface area (Å²) in [5, 5.41) is 2.59. The minimum Gasteiger partial charge on any atom is -0.309 e. The number of para-hydroxylation sites is 1. The quantitative estimate of drug-likeness (QED) is 0.201. The maximum Gasteiger partial charge on any atom is 0.0628 e. The molecular formula is C43H33N. The van der Waals surface area contributed by atoms with Gasteiger partial charge in [-0.1, -0.05) is 153 Å². The minimum atomic E-state index is -0.163. The van der Waals surface area contributed by atoms with Crippen LogP contribution < -0.4 is 4.90 Å². The van der Waals surface area contributed by atoms with E-state index in [0.717, 1.165) is 11.4 Å². The zero-order valence-corrected chi connectivity index (χ0v) is 25.0. The van der Waals surface area contributed by atoms with Gasteiger partial charge in [-0.2, -0.15) is 0 Å². The Bertz CT molecular complexity index is 2130. The van der Waals surface area contributed by atoms with E-state index in [0.29, 0.717) is 0 Å². The van der Waals surface area contributed by atoms with Crippen molar-refractivity contribution in [3.63, 3.8) is 0 Å². The van der Waals surface area contributed by atoms with Crippen molar-refractivity contribution in [1.29, 1.82) is 0 Å². The molecule has 0 spiro atoms. The van der Waals surface area contributed by atoms with Crippen LogP contribution in [-0.4, -0.2) is 0 Å². The minimum absolute atomic E-state index is 0.163. The Morgan fingerprint density at radius 3 is 1.70 bits per heavy atom. The highest BCUT2D eigenvalue weighted by molar-refractivity contribution is 6.15. The number of anilines is 3. The molecule has 1 nitrogen and oxygen atoms in total. The summed E-state index contributed by atoms with van der Waals surface area (Å²) in [6, 6.07) is 59.5. The fraction of sp³-hybridized carbons (Fsp3) is 0.0698. The van der Waals surface area contributed by atoms with Gasteiger partial charge in [-0.25, -0.2) is 0 Å². The Balaban J connectivity index is 1.56. The van der Waals surface area contributed by atoms with Gasteiger partial charge in [0.05, 0.1) is 5.69 Å². The third kappa shape index (κ3) is 4.08. The van der Waals surface area contributed by atoms with Crippen LogP contribution in [0.2, 0.25) is 0 Å². The molecule has 0 bridgehead atoms. The van der Waals surface area contributed by atoms with Crippen LogP contribution in [0.4, 0.5) is 17.1 Å². The molecule has 0 amide bonds. The molecule has 210 valence electrons. The Kier molecular flexibility index (Phi) is 6.20. The van der Waals surface area contributed by atoms with Crippen LogP contribution in [0.25, 0.3) is 44.2 Å². The fourth-order valence-electron chi connectivity index (χ4n) is 7.28. The molecule has 44 heavy (non-hydrogen) atoms. The average molecular weight is 564 g/mol. The van der Waals surface area contributed by atoms with E-state index in [9.17, 15) is 0 Å². The van der Waals surface area contributed by atoms with E-state index in [2.05, 4.69) is 183 Å². The zero-order chi connectivity index (χ0) is 29.7. The van der Waals surface area contributed by atoms with Crippen molar-refractivity contribution in [3.05, 3.63) is 175 Å². The van der Waals surface area contributed by atoms with Gasteiger partial charge in [0.1, 0.15) is 0 Å². The molecule has 7 aromatic carbocycles. The summed E-state index contributed by atoms with van der Waals surface area (Å²) in [4.78, 5) is 2.50. The maximum atomic E-state index is 2.50. The second kappa shape index (κ2) is 10.4. The molecule has 8 rings (SSSR count). The third-order valence-corrected chi connectivity index (χ3v) is 9.20. The van der Waals surface area contributed by atoms with E-state index in [1.165, 1.54) is 61.0 Å². The van der Waals surface area contributed by atoms with Crippen LogP contribution in [0.15, 0.2) is 164 Å². The first kappa shape index (κ1) is 26.2. The summed E-state index contributed by atoms with van der Waals surface area (Å²) in [6.45, 7) is 4.78. The Labute approximate surface area is 259 Å². The molecule has 0 saturated carbocycles. The summed E-state index contributed by atoms with van der Waals surface area (Å²) < 4.78 is 0. The standard InChI is InChI=1S/C43H33N/c1-43(2)38-28-15-14-27-37(38)40-41(43)36-26-13-12-25-35(36)39(31-19-8-4-9-20-31)42(40)44(33-22-10-5-11-23-33)34-24-16-21-32(29-34)30-17-6-3-7-18-30/h3-29H,1-2H3. The maximum absolute atomic E-state index is 2.50. The highest BCUT2D eigenvalue weighted by Gasteiger charge is 2.41. The molecule has 0 radical (unpaired) electrons. The lowest BCUT2D eigenvalue weighted by molar-refractivity contribution is 0.666. The Morgan fingerprint density at radius 1 is 0.432 bits per heavy atom. The normalized spacial score (nSPS) is 13.0. The van der Waals surface area contributed by atoms with Gasteiger partial charge >= 0.3 is 0 Å². The van der Waals surface area contributed by atoms with Gasteiger partial charge in [0.25, 0.3) is 0 Å². The SMILES string of the molecule is CC1(C)c2ccccc2-c2c(N(c3ccccc3)c3cccc(-c4ccccc4)c3)c(-c3ccccc3)c3ccccc3c21. The van der Waals surface area contributed by atoms with Crippen LogP contribution in [0.1, 0.15) is 25.0 Å². The Hall–Kier alpha value is -5.40. The van der Waals surface area contributed by atoms with Gasteiger partial charge in [-0.15, -0.1) is 0 Å². The summed E-state index contributed by atoms with van der Waals surface area (Å²) in [6.07, 6.45) is 0. The molecule has 0 atom stereocenters. The number of nitrogens with zero attached hydrogens (tertiary/aromatic N) is 1. The van der Waals surface area contributed by atoms with Crippen LogP contribution in [0.3, 0.4) is 0 Å². The summed E-state index contributed by atoms with van der Waals surface area (Å²) in [5.41, 5.74) is 13.6. The van der Waals surface area contributed by atoms with Gasteiger partial charge in [-0.3, -0.25) is 0 Å². The van der Waals surface area contributed by atoms with Gasteiger partial charge in [0, 0.05) is 27.9 Å². The van der Waals surface area contributed by atoms with E-state index in [-0.39, 0.29) is 5.41 Å². The molecule has 1 heteroatoms. The van der Waals surface area contributed by atoms with Gasteiger partial charge in [-0.05, 0) is 68.4 Å². The summed E-state index contributed by atoms with van der Waals surface area (Å²) in [5.74, 6) is 0. The molecule has 1 aliphatic carbocycles. The highest BCUT2D eigenvalue weighted by Crippen LogP contribution is 2.60. The van der Waals surface area contributed by atoms with Gasteiger partial charge in [0.15, 0.2) is 0 Å². The lowest BCUT2D eigenvalue weighted by Gasteiger charge is -2.33. The second-order valence-corrected chi connectivity index (χ2v) is 12.1. The third-order valence-electron chi connectivity index (χ3n) is 9.20. The molecule has 0 heterocycles. The molecule has 1 aliphatic rings. The number of benzene rings is 7. The first-order valence-electron chi connectivity index (χ1n) is 15.4. The van der Waals surface area contributed by atoms with Crippen molar-refractivity contribution in [2.24, 2.45) is 0 Å². The van der Waals surface area contributed by atoms with E-state index >= 15 is 0 Å². The molecular weight excluding hydrogens is 530 g/mol. The van der Waals surface area contributed by atoms with Crippen molar-refractivity contribution in [2.75, 3.05) is 4.90 Å². The van der Waals surface area contributed by atoms with Crippen molar-refractivity contribution in [2.45, 2.75) is 19.3 Å². The van der Waals surface area contributed by atoms with E-state index < -0.39 is 0 Å². The molecule has 0 fully saturated rings. The average Bonchev–Trinajstić information content (AvgIpc) is 3.33. The number of rotatable bonds is 5. The molecule has 0 aromatic heterocycles. The Morgan fingerprint density at radius 2 is 0.977 bits per heavy atom. The van der Waals surface area contributed by atoms with E-state index in [4.69, 9.17) is 0 Å². The lowest BCUT2D eigenvalue weighted by Crippen LogP contribution is -2.17. The largest absolute Gasteiger partial charge is 0.309 e. The van der Waals surface area contributed by atoms with E-state index in [1.54, 1.807) is 0 Å². The number of hydrogen-bond donors (Lipinski definition) is 0. The molecule has 7 aromatic rings. The van der Waals surface area contributed by atoms with Crippen molar-refractivity contribution in [3.8, 4) is 33.4 Å². The fourth-order valence-corrected chi connectivity index (χ4v) is 7.28. The van der Waals surface area contributed by atoms with Gasteiger partial charge in [0.2, 0.25) is 0 Å². The number of fused-ring (bicyclic) bond motifs is 5. The van der Waals surface area contributed by atoms with Crippen molar-refractivity contribution >= 4 is 27.8 Å². The predicted octanol–water partition coefficient (Wildman–Crippen LogP) is 11.9. The molecule has 0 N–H and O–H groups in total. The summed E-state index contributed by atoms with van der Waals surface area (Å²) >= 11 is 0. The molecule has 0 unspecified atom stereocenters. The van der Waals surface area contributed by atoms with Gasteiger partial charge < -0.3 is 4.90 Å². The molecule has 0 aliphatic heterocycles. The topological polar surface area (TPSA) is 3.24 Å². The monoisotopic (exact) mass is 563 g/mol. The number of hydrogen-bond acceptors (Lipinski definition) is 1. The predicted molar refractivity (Wildman–Crippen MR) is 187 cm³/mol. The molecule has 0 saturated heterocycles. The van der Waals surface area contributed by atoms with Crippen molar-refractivity contribution in [1.82, 2.24) is 0 Å². The van der Waals surface area contributed by atoms with Crippen LogP contribution >= 0.6 is 0 Å². The van der Waals surface area contributed by atoms with Crippen LogP contribution in [0, 0.1) is 0 Å². The smallest absolute Gasteiger partial charge is 0.0628 e. The van der Waals surface area contributed by atoms with E-state index in [1.807, 2.05) is 0 Å². The highest BCUT2D eigenvalue weighted by atomic mass is 15.1. The first-order valence-corrected chi connectivity index (χ1v) is 15.4. The van der Waals surface area contributed by atoms with Crippen LogP contribution in [0.5, 0.6) is 0 Å². The summed E-state index contributed by atoms with van der Waals surface area (Å²) in [7, 11) is 0. The van der Waals surface area contributed by atoms with Crippen molar-refractivity contribution < 1.29 is 0 Å². The lowest BCUT2D eigenvalue weighted by atomic mass is 9.78. The second-order valence-electron chi connectivity index (χ2n) is 12.1.